The second-order valence-corrected chi connectivity index (χ2v) is 16.5. The van der Waals surface area contributed by atoms with Crippen LogP contribution >= 0.6 is 0 Å². The van der Waals surface area contributed by atoms with E-state index in [1.165, 1.54) is 69.3 Å². The zero-order chi connectivity index (χ0) is 33.9. The van der Waals surface area contributed by atoms with E-state index in [9.17, 15) is 0 Å². The van der Waals surface area contributed by atoms with Crippen LogP contribution in [0.5, 0.6) is 0 Å². The van der Waals surface area contributed by atoms with Gasteiger partial charge in [0, 0.05) is 0 Å². The molecule has 0 atom stereocenters. The molecule has 0 saturated heterocycles. The van der Waals surface area contributed by atoms with Gasteiger partial charge in [-0.15, -0.1) is 11.1 Å². The molecule has 1 aliphatic carbocycles. The Labute approximate surface area is 326 Å². The molecular formula is C47H44Cl2Hf-2. The van der Waals surface area contributed by atoms with Crippen LogP contribution in [0, 0.1) is 6.07 Å². The zero-order valence-electron chi connectivity index (χ0n) is 29.8. The van der Waals surface area contributed by atoms with Crippen molar-refractivity contribution in [3.05, 3.63) is 185 Å². The average molecular weight is 858 g/mol. The van der Waals surface area contributed by atoms with E-state index in [2.05, 4.69) is 163 Å². The van der Waals surface area contributed by atoms with Gasteiger partial charge in [-0.2, -0.15) is 42.0 Å². The summed E-state index contributed by atoms with van der Waals surface area (Å²) in [6, 6.07) is 55.7. The third-order valence-electron chi connectivity index (χ3n) is 9.14. The first-order valence-corrected chi connectivity index (χ1v) is 18.7. The first-order valence-electron chi connectivity index (χ1n) is 16.9. The third kappa shape index (κ3) is 8.86. The Morgan fingerprint density at radius 2 is 1.10 bits per heavy atom. The third-order valence-corrected chi connectivity index (χ3v) is 11.1. The van der Waals surface area contributed by atoms with E-state index in [-0.39, 0.29) is 35.6 Å². The summed E-state index contributed by atoms with van der Waals surface area (Å²) in [5, 5.41) is 5.33. The fraction of sp³-hybridized carbons (Fsp3) is 0.191. The molecule has 0 N–H and O–H groups in total. The number of hydrogen-bond acceptors (Lipinski definition) is 0. The SMILES string of the molecule is CC(C)(C)c1[c-]c2c(cc1)-c1ccc(C(C)(C)C)cc1C2.[Cl-].[Cl-].[Hf+2]=[C](c1cccc2ccccc12)c1cccc2ccccc12.c1cc[cH-]c1. The van der Waals surface area contributed by atoms with Crippen LogP contribution in [0.2, 0.25) is 0 Å². The minimum absolute atomic E-state index is 0. The Kier molecular flexibility index (Phi) is 13.1. The molecule has 0 nitrogen and oxygen atoms in total. The molecule has 0 saturated carbocycles. The summed E-state index contributed by atoms with van der Waals surface area (Å²) in [5.74, 6) is 0. The number of hydrogen-bond donors (Lipinski definition) is 0. The van der Waals surface area contributed by atoms with Gasteiger partial charge in [0.05, 0.1) is 0 Å². The molecular weight excluding hydrogens is 814 g/mol. The van der Waals surface area contributed by atoms with Crippen molar-refractivity contribution in [3.63, 3.8) is 0 Å². The predicted octanol–water partition coefficient (Wildman–Crippen LogP) is 6.18. The maximum Gasteiger partial charge on any atom is -0.172 e. The number of halogens is 2. The Morgan fingerprint density at radius 3 is 1.60 bits per heavy atom. The standard InChI is InChI=1S/C21H14.C21H25.C5H5.2ClH.Hf/c1-3-13-20-16(7-1)9-5-11-18(20)15-19-12-6-10-17-8-2-4-14-21(17)19;1-20(2,3)16-7-9-18-14(12-16)11-15-13-17(21(4,5)6)8-10-19(15)18;1-2-4-5-3-1;;;/h1-14H;7-10,12H,11H2,1-6H3;1-5H;2*1H;/q;2*-1;;;+2/p-2. The van der Waals surface area contributed by atoms with E-state index in [0.29, 0.717) is 0 Å². The largest absolute Gasteiger partial charge is 0.214 e. The molecule has 3 heteroatoms. The summed E-state index contributed by atoms with van der Waals surface area (Å²) >= 11 is 1.02. The molecule has 7 aromatic carbocycles. The molecule has 0 bridgehead atoms. The molecule has 0 amide bonds. The second kappa shape index (κ2) is 16.7. The molecule has 0 heterocycles. The molecule has 0 aliphatic heterocycles. The number of rotatable bonds is 2. The normalized spacial score (nSPS) is 11.5. The molecule has 50 heavy (non-hydrogen) atoms. The van der Waals surface area contributed by atoms with Gasteiger partial charge in [-0.05, 0) is 28.4 Å². The van der Waals surface area contributed by atoms with Crippen molar-refractivity contribution in [1.29, 1.82) is 0 Å². The van der Waals surface area contributed by atoms with Crippen molar-refractivity contribution >= 4 is 24.8 Å². The molecule has 0 fully saturated rings. The molecule has 1 aliphatic rings. The summed E-state index contributed by atoms with van der Waals surface area (Å²) in [4.78, 5) is 0. The summed E-state index contributed by atoms with van der Waals surface area (Å²) in [7, 11) is 0. The number of benzene rings is 6. The van der Waals surface area contributed by atoms with Gasteiger partial charge < -0.3 is 24.8 Å². The fourth-order valence-corrected chi connectivity index (χ4v) is 7.95. The van der Waals surface area contributed by atoms with Gasteiger partial charge >= 0.3 is 145 Å². The molecule has 0 unspecified atom stereocenters. The van der Waals surface area contributed by atoms with Crippen LogP contribution in [-0.4, -0.2) is 3.26 Å². The second-order valence-electron chi connectivity index (χ2n) is 14.7. The minimum atomic E-state index is 0. The van der Waals surface area contributed by atoms with E-state index < -0.39 is 0 Å². The molecule has 7 aromatic rings. The van der Waals surface area contributed by atoms with Crippen LogP contribution in [0.4, 0.5) is 0 Å². The molecule has 0 spiro atoms. The first-order chi connectivity index (χ1) is 23.0. The van der Waals surface area contributed by atoms with Gasteiger partial charge in [0.25, 0.3) is 0 Å². The van der Waals surface area contributed by atoms with Crippen molar-refractivity contribution < 1.29 is 48.7 Å². The summed E-state index contributed by atoms with van der Waals surface area (Å²) in [5.41, 5.74) is 11.5. The minimum Gasteiger partial charge on any atom is -0.214 e. The molecule has 0 radical (unpaired) electrons. The van der Waals surface area contributed by atoms with Gasteiger partial charge in [-0.3, -0.25) is 0 Å². The van der Waals surface area contributed by atoms with Crippen molar-refractivity contribution in [2.24, 2.45) is 0 Å². The quantitative estimate of drug-likeness (QED) is 0.144. The van der Waals surface area contributed by atoms with Gasteiger partial charge in [-0.25, -0.2) is 12.1 Å². The van der Waals surface area contributed by atoms with E-state index in [1.807, 2.05) is 30.3 Å². The Balaban J connectivity index is 0.000000190. The Bertz CT molecular complexity index is 2020. The molecule has 0 aromatic heterocycles. The monoisotopic (exact) mass is 858 g/mol. The van der Waals surface area contributed by atoms with Crippen molar-refractivity contribution in [2.45, 2.75) is 58.8 Å². The average Bonchev–Trinajstić information content (AvgIpc) is 3.79. The van der Waals surface area contributed by atoms with Crippen molar-refractivity contribution in [3.8, 4) is 11.1 Å². The van der Waals surface area contributed by atoms with Crippen molar-refractivity contribution in [2.75, 3.05) is 0 Å². The first kappa shape index (κ1) is 39.3. The van der Waals surface area contributed by atoms with Crippen LogP contribution in [0.15, 0.2) is 146 Å². The van der Waals surface area contributed by atoms with Gasteiger partial charge in [0.1, 0.15) is 0 Å². The van der Waals surface area contributed by atoms with Gasteiger partial charge in [0.2, 0.25) is 0 Å². The van der Waals surface area contributed by atoms with Crippen LogP contribution < -0.4 is 24.8 Å². The maximum atomic E-state index is 3.67. The summed E-state index contributed by atoms with van der Waals surface area (Å²) in [6.07, 6.45) is 1.03. The van der Waals surface area contributed by atoms with Crippen LogP contribution in [0.3, 0.4) is 0 Å². The Morgan fingerprint density at radius 1 is 0.580 bits per heavy atom. The molecule has 8 rings (SSSR count). The van der Waals surface area contributed by atoms with Crippen LogP contribution in [-0.2, 0) is 41.1 Å². The van der Waals surface area contributed by atoms with E-state index >= 15 is 0 Å². The maximum absolute atomic E-state index is 3.67. The summed E-state index contributed by atoms with van der Waals surface area (Å²) in [6.45, 7) is 13.6. The fourth-order valence-electron chi connectivity index (χ4n) is 6.38. The summed E-state index contributed by atoms with van der Waals surface area (Å²) < 4.78 is 1.47. The van der Waals surface area contributed by atoms with E-state index in [1.54, 1.807) is 0 Å². The van der Waals surface area contributed by atoms with Crippen molar-refractivity contribution in [1.82, 2.24) is 0 Å². The zero-order valence-corrected chi connectivity index (χ0v) is 34.9. The van der Waals surface area contributed by atoms with Crippen LogP contribution in [0.25, 0.3) is 32.7 Å². The Hall–Kier alpha value is -3.49. The number of fused-ring (bicyclic) bond motifs is 5. The smallest absolute Gasteiger partial charge is 0.172 e. The van der Waals surface area contributed by atoms with E-state index in [4.69, 9.17) is 0 Å². The molecule has 252 valence electrons. The topological polar surface area (TPSA) is 0 Å². The van der Waals surface area contributed by atoms with E-state index in [0.717, 1.165) is 30.3 Å². The van der Waals surface area contributed by atoms with Gasteiger partial charge in [-0.1, -0.05) is 65.3 Å². The van der Waals surface area contributed by atoms with Crippen LogP contribution in [0.1, 0.15) is 74.9 Å². The predicted molar refractivity (Wildman–Crippen MR) is 204 cm³/mol. The van der Waals surface area contributed by atoms with Gasteiger partial charge in [0.15, 0.2) is 0 Å².